The number of imidazole rings is 1. The van der Waals surface area contributed by atoms with Crippen molar-refractivity contribution in [3.8, 4) is 5.88 Å². The molecule has 0 bridgehead atoms. The van der Waals surface area contributed by atoms with E-state index in [4.69, 9.17) is 35.0 Å². The number of ether oxygens (including phenoxy) is 4. The Morgan fingerprint density at radius 2 is 1.71 bits per heavy atom. The molecule has 4 aromatic rings. The second kappa shape index (κ2) is 14.9. The van der Waals surface area contributed by atoms with Gasteiger partial charge in [0.2, 0.25) is 11.2 Å². The van der Waals surface area contributed by atoms with Crippen molar-refractivity contribution in [3.63, 3.8) is 0 Å². The minimum Gasteiger partial charge on any atom is -0.476 e. The Hall–Kier alpha value is -3.58. The van der Waals surface area contributed by atoms with E-state index in [9.17, 15) is 4.79 Å². The molecule has 2 aromatic carbocycles. The van der Waals surface area contributed by atoms with Crippen LogP contribution in [0.15, 0.2) is 60.9 Å². The summed E-state index contributed by atoms with van der Waals surface area (Å²) in [6, 6.07) is 18.3. The van der Waals surface area contributed by atoms with Gasteiger partial charge in [-0.05, 0) is 60.1 Å². The summed E-state index contributed by atoms with van der Waals surface area (Å²) in [5.41, 5.74) is 0.870. The maximum atomic E-state index is 16.5. The molecule has 5 rings (SSSR count). The van der Waals surface area contributed by atoms with Crippen LogP contribution in [-0.4, -0.2) is 71.9 Å². The molecular formula is C35H43ClFN4O6Si. The Bertz CT molecular complexity index is 1680. The van der Waals surface area contributed by atoms with Crippen LogP contribution in [0.3, 0.4) is 0 Å². The summed E-state index contributed by atoms with van der Waals surface area (Å²) >= 11 is 6.25. The zero-order valence-electron chi connectivity index (χ0n) is 28.4. The summed E-state index contributed by atoms with van der Waals surface area (Å²) in [5, 5.41) is 1.93. The number of fused-ring (bicyclic) bond motifs is 1. The van der Waals surface area contributed by atoms with Crippen molar-refractivity contribution in [2.24, 2.45) is 0 Å². The molecule has 1 radical (unpaired) electrons. The van der Waals surface area contributed by atoms with Gasteiger partial charge in [-0.2, -0.15) is 9.97 Å². The molecule has 0 aliphatic carbocycles. The summed E-state index contributed by atoms with van der Waals surface area (Å²) in [4.78, 5) is 25.7. The predicted molar refractivity (Wildman–Crippen MR) is 183 cm³/mol. The van der Waals surface area contributed by atoms with Gasteiger partial charge in [-0.1, -0.05) is 88.7 Å². The van der Waals surface area contributed by atoms with E-state index in [-0.39, 0.29) is 28.8 Å². The number of rotatable bonds is 11. The minimum atomic E-state index is -1.83. The number of halogens is 2. The second-order valence-electron chi connectivity index (χ2n) is 13.7. The fourth-order valence-corrected chi connectivity index (χ4v) is 7.37. The van der Waals surface area contributed by atoms with Gasteiger partial charge in [-0.15, -0.1) is 0 Å². The third-order valence-corrected chi connectivity index (χ3v) is 10.0. The number of carbonyl (C=O) groups excluding carboxylic acids is 1. The number of benzene rings is 2. The fourth-order valence-electron chi connectivity index (χ4n) is 5.25. The molecule has 1 saturated heterocycles. The largest absolute Gasteiger partial charge is 0.509 e. The molecular weight excluding hydrogens is 655 g/mol. The van der Waals surface area contributed by atoms with E-state index in [1.807, 2.05) is 37.3 Å². The summed E-state index contributed by atoms with van der Waals surface area (Å²) < 4.78 is 47.6. The molecule has 1 aliphatic heterocycles. The van der Waals surface area contributed by atoms with Gasteiger partial charge in [-0.3, -0.25) is 4.57 Å². The van der Waals surface area contributed by atoms with E-state index in [2.05, 4.69) is 60.0 Å². The predicted octanol–water partition coefficient (Wildman–Crippen LogP) is 6.33. The van der Waals surface area contributed by atoms with Gasteiger partial charge in [0.05, 0.1) is 19.5 Å². The molecule has 0 N–H and O–H groups in total. The normalized spacial score (nSPS) is 20.0. The number of unbranched alkanes of at least 4 members (excludes halogenated alkanes) is 1. The first kappa shape index (κ1) is 35.7. The van der Waals surface area contributed by atoms with Gasteiger partial charge in [0, 0.05) is 0 Å². The van der Waals surface area contributed by atoms with Crippen LogP contribution in [0.4, 0.5) is 9.18 Å². The number of nitrogens with zero attached hydrogens (tertiary/aromatic N) is 4. The summed E-state index contributed by atoms with van der Waals surface area (Å²) in [5.74, 6) is 0.194. The lowest BCUT2D eigenvalue weighted by atomic mass is 9.87. The van der Waals surface area contributed by atoms with Crippen LogP contribution in [0, 0.1) is 0 Å². The number of aromatic nitrogens is 4. The molecule has 0 unspecified atom stereocenters. The first-order valence-electron chi connectivity index (χ1n) is 16.1. The number of hydrogen-bond donors (Lipinski definition) is 0. The van der Waals surface area contributed by atoms with Crippen LogP contribution in [0.2, 0.25) is 5.28 Å². The minimum absolute atomic E-state index is 0.0108. The Kier molecular flexibility index (Phi) is 11.1. The van der Waals surface area contributed by atoms with Crippen LogP contribution in [0.25, 0.3) is 11.2 Å². The van der Waals surface area contributed by atoms with Crippen molar-refractivity contribution in [3.05, 3.63) is 71.8 Å². The summed E-state index contributed by atoms with van der Waals surface area (Å²) in [6.45, 7) is 14.0. The van der Waals surface area contributed by atoms with Crippen molar-refractivity contribution < 1.29 is 32.6 Å². The fraction of sp³-hybridized carbons (Fsp3) is 0.486. The van der Waals surface area contributed by atoms with E-state index in [0.717, 1.165) is 23.2 Å². The van der Waals surface area contributed by atoms with E-state index in [0.29, 0.717) is 12.1 Å². The SMILES string of the molecule is CCCCOc1nc(Cl)nc2c1ncn2[C@@H]1O[C@H](CO[Si](c2ccccc2)c2ccc(C(C)(C)C)cc2)[C@@H](OC(=O)OC(C)(C)C)[C@H]1F. The highest BCUT2D eigenvalue weighted by molar-refractivity contribution is 6.80. The van der Waals surface area contributed by atoms with Crippen LogP contribution >= 0.6 is 11.6 Å². The zero-order chi connectivity index (χ0) is 34.6. The van der Waals surface area contributed by atoms with Crippen molar-refractivity contribution in [1.82, 2.24) is 19.5 Å². The molecule has 0 saturated carbocycles. The van der Waals surface area contributed by atoms with E-state index >= 15 is 4.39 Å². The third-order valence-electron chi connectivity index (χ3n) is 7.70. The van der Waals surface area contributed by atoms with Crippen molar-refractivity contribution >= 4 is 48.3 Å². The van der Waals surface area contributed by atoms with Crippen molar-refractivity contribution in [2.45, 2.75) is 96.9 Å². The molecule has 3 heterocycles. The Balaban J connectivity index is 1.45. The standard InChI is InChI=1S/C35H43ClFN4O6Si/c1-8-9-19-43-30-27-29(39-32(36)40-30)41(21-38-27)31-26(37)28(46-33(42)47-35(5,6)7)25(45-31)20-44-48(23-13-11-10-12-14-23)24-17-15-22(16-18-24)34(2,3)4/h10-18,21,25-26,28,31H,8-9,19-20H2,1-7H3/t25-,26-,28-,31-/m1/s1. The highest BCUT2D eigenvalue weighted by atomic mass is 35.5. The van der Waals surface area contributed by atoms with Gasteiger partial charge in [0.25, 0.3) is 9.04 Å². The molecule has 0 spiro atoms. The highest BCUT2D eigenvalue weighted by Crippen LogP contribution is 2.37. The third kappa shape index (κ3) is 8.52. The average molecular weight is 698 g/mol. The average Bonchev–Trinajstić information content (AvgIpc) is 3.57. The smallest absolute Gasteiger partial charge is 0.476 e. The number of alkyl halides is 1. The molecule has 48 heavy (non-hydrogen) atoms. The van der Waals surface area contributed by atoms with Gasteiger partial charge in [-0.25, -0.2) is 14.2 Å². The zero-order valence-corrected chi connectivity index (χ0v) is 30.2. The van der Waals surface area contributed by atoms with Gasteiger partial charge in [0.1, 0.15) is 11.7 Å². The number of carbonyl (C=O) groups is 1. The molecule has 2 aromatic heterocycles. The molecule has 13 heteroatoms. The van der Waals surface area contributed by atoms with Crippen molar-refractivity contribution in [2.75, 3.05) is 13.2 Å². The first-order chi connectivity index (χ1) is 22.7. The Morgan fingerprint density at radius 3 is 2.35 bits per heavy atom. The number of hydrogen-bond acceptors (Lipinski definition) is 9. The van der Waals surface area contributed by atoms with Crippen LogP contribution in [-0.2, 0) is 24.1 Å². The monoisotopic (exact) mass is 697 g/mol. The Morgan fingerprint density at radius 1 is 1.02 bits per heavy atom. The van der Waals surface area contributed by atoms with E-state index < -0.39 is 45.4 Å². The molecule has 1 fully saturated rings. The molecule has 10 nitrogen and oxygen atoms in total. The highest BCUT2D eigenvalue weighted by Gasteiger charge is 2.50. The van der Waals surface area contributed by atoms with E-state index in [1.165, 1.54) is 16.5 Å². The van der Waals surface area contributed by atoms with Crippen LogP contribution < -0.4 is 15.1 Å². The van der Waals surface area contributed by atoms with Crippen LogP contribution in [0.1, 0.15) is 73.1 Å². The second-order valence-corrected chi connectivity index (χ2v) is 16.2. The summed E-state index contributed by atoms with van der Waals surface area (Å²) in [7, 11) is -1.82. The maximum Gasteiger partial charge on any atom is 0.509 e. The summed E-state index contributed by atoms with van der Waals surface area (Å²) in [6.07, 6.45) is -3.35. The lowest BCUT2D eigenvalue weighted by Gasteiger charge is -2.25. The molecule has 257 valence electrons. The van der Waals surface area contributed by atoms with Crippen molar-refractivity contribution in [1.29, 1.82) is 0 Å². The topological polar surface area (TPSA) is 107 Å². The lowest BCUT2D eigenvalue weighted by Crippen LogP contribution is -2.48. The first-order valence-corrected chi connectivity index (χ1v) is 17.9. The van der Waals surface area contributed by atoms with Crippen LogP contribution in [0.5, 0.6) is 5.88 Å². The van der Waals surface area contributed by atoms with E-state index in [1.54, 1.807) is 20.8 Å². The molecule has 4 atom stereocenters. The molecule has 0 amide bonds. The van der Waals surface area contributed by atoms with Gasteiger partial charge >= 0.3 is 6.16 Å². The maximum absolute atomic E-state index is 16.5. The Labute approximate surface area is 287 Å². The quantitative estimate of drug-likeness (QED) is 0.0769. The van der Waals surface area contributed by atoms with Gasteiger partial charge in [0.15, 0.2) is 29.7 Å². The van der Waals surface area contributed by atoms with Gasteiger partial charge < -0.3 is 23.4 Å². The lowest BCUT2D eigenvalue weighted by molar-refractivity contribution is -0.0653. The molecule has 1 aliphatic rings.